The van der Waals surface area contributed by atoms with Crippen LogP contribution in [0.15, 0.2) is 60.7 Å². The van der Waals surface area contributed by atoms with Crippen molar-refractivity contribution in [2.75, 3.05) is 11.0 Å². The summed E-state index contributed by atoms with van der Waals surface area (Å²) in [7, 11) is 0. The molecule has 0 aromatic heterocycles. The van der Waals surface area contributed by atoms with E-state index in [-0.39, 0.29) is 0 Å². The summed E-state index contributed by atoms with van der Waals surface area (Å²) in [6.07, 6.45) is 2.77. The van der Waals surface area contributed by atoms with Gasteiger partial charge < -0.3 is 4.48 Å². The molecule has 0 N–H and O–H groups in total. The molecule has 3 aliphatic heterocycles. The average molecular weight is 473 g/mol. The van der Waals surface area contributed by atoms with Gasteiger partial charge in [-0.3, -0.25) is 4.90 Å². The molecule has 0 aliphatic carbocycles. The number of alkyl halides is 1. The number of likely N-dealkylation sites (tertiary alicyclic amines) is 1. The Morgan fingerprint density at radius 3 is 2.22 bits per heavy atom. The fourth-order valence-corrected chi connectivity index (χ4v) is 7.95. The second-order valence-electron chi connectivity index (χ2n) is 8.87. The lowest BCUT2D eigenvalue weighted by molar-refractivity contribution is -0.977. The molecule has 7 atom stereocenters. The molecule has 3 heterocycles. The van der Waals surface area contributed by atoms with Gasteiger partial charge in [0, 0.05) is 24.4 Å². The fraction of sp³-hybridized carbons (Fsp3) is 0.500. The van der Waals surface area contributed by atoms with E-state index in [1.807, 2.05) is 0 Å². The van der Waals surface area contributed by atoms with Crippen molar-refractivity contribution < 1.29 is 4.48 Å². The van der Waals surface area contributed by atoms with Crippen molar-refractivity contribution in [1.29, 1.82) is 0 Å². The molecule has 2 aromatic carbocycles. The van der Waals surface area contributed by atoms with Crippen LogP contribution < -0.4 is 0 Å². The molecular weight excluding hydrogens is 443 g/mol. The van der Waals surface area contributed by atoms with Crippen LogP contribution in [0.25, 0.3) is 0 Å². The number of piperazine rings is 1. The Morgan fingerprint density at radius 2 is 1.59 bits per heavy atom. The van der Waals surface area contributed by atoms with E-state index in [0.717, 1.165) is 24.2 Å². The molecule has 0 radical (unpaired) electrons. The Bertz CT molecular complexity index is 795. The van der Waals surface area contributed by atoms with E-state index < -0.39 is 0 Å². The van der Waals surface area contributed by atoms with Gasteiger partial charge in [-0.2, -0.15) is 0 Å². The smallest absolute Gasteiger partial charge is 0.112 e. The summed E-state index contributed by atoms with van der Waals surface area (Å²) in [4.78, 5) is 2.90. The minimum absolute atomic E-state index is 0.536. The first-order valence-corrected chi connectivity index (χ1v) is 12.0. The third-order valence-electron chi connectivity index (χ3n) is 8.01. The molecular formula is C24H30IN2+. The van der Waals surface area contributed by atoms with Crippen LogP contribution in [0.5, 0.6) is 0 Å². The Balaban J connectivity index is 1.49. The van der Waals surface area contributed by atoms with E-state index in [9.17, 15) is 0 Å². The van der Waals surface area contributed by atoms with Crippen LogP contribution in [0.3, 0.4) is 0 Å². The number of benzene rings is 2. The topological polar surface area (TPSA) is 3.24 Å². The number of fused-ring (bicyclic) bond motifs is 1. The van der Waals surface area contributed by atoms with Crippen molar-refractivity contribution >= 4 is 22.6 Å². The molecule has 3 fully saturated rings. The number of hydrogen-bond acceptors (Lipinski definition) is 1. The molecule has 142 valence electrons. The predicted molar refractivity (Wildman–Crippen MR) is 120 cm³/mol. The van der Waals surface area contributed by atoms with Crippen LogP contribution in [0.4, 0.5) is 0 Å². The van der Waals surface area contributed by atoms with E-state index in [1.165, 1.54) is 39.4 Å². The zero-order chi connectivity index (χ0) is 18.6. The third kappa shape index (κ3) is 2.57. The van der Waals surface area contributed by atoms with Gasteiger partial charge in [0.15, 0.2) is 0 Å². The number of halogens is 1. The second kappa shape index (κ2) is 6.85. The fourth-order valence-electron chi connectivity index (χ4n) is 6.86. The van der Waals surface area contributed by atoms with Crippen LogP contribution >= 0.6 is 22.6 Å². The van der Waals surface area contributed by atoms with E-state index in [2.05, 4.69) is 102 Å². The minimum Gasteiger partial charge on any atom is -0.309 e. The number of rotatable bonds is 5. The predicted octanol–water partition coefficient (Wildman–Crippen LogP) is 5.36. The third-order valence-corrected chi connectivity index (χ3v) is 9.03. The first-order chi connectivity index (χ1) is 13.2. The zero-order valence-electron chi connectivity index (χ0n) is 16.3. The van der Waals surface area contributed by atoms with Crippen molar-refractivity contribution in [3.05, 3.63) is 71.8 Å². The molecule has 2 bridgehead atoms. The van der Waals surface area contributed by atoms with Crippen molar-refractivity contribution in [3.8, 4) is 0 Å². The lowest BCUT2D eigenvalue weighted by atomic mass is 10.0. The molecule has 0 amide bonds. The van der Waals surface area contributed by atoms with Gasteiger partial charge in [-0.15, -0.1) is 0 Å². The van der Waals surface area contributed by atoms with Gasteiger partial charge in [0.1, 0.15) is 18.1 Å². The summed E-state index contributed by atoms with van der Waals surface area (Å²) in [6, 6.07) is 26.7. The highest BCUT2D eigenvalue weighted by molar-refractivity contribution is 14.1. The SMILES string of the molecule is C[C@@H](c1ccccc1)N1[C@@H]2C[C@@H]3[C@H]1C[C@H](CI)[N+]3([C@@H](C)c1ccccc1)C2. The average Bonchev–Trinajstić information content (AvgIpc) is 3.33. The molecule has 1 unspecified atom stereocenters. The number of hydrogen-bond donors (Lipinski definition) is 0. The van der Waals surface area contributed by atoms with Gasteiger partial charge in [-0.05, 0) is 19.4 Å². The first kappa shape index (κ1) is 18.1. The lowest BCUT2D eigenvalue weighted by Gasteiger charge is -2.49. The largest absolute Gasteiger partial charge is 0.309 e. The molecule has 3 saturated heterocycles. The maximum Gasteiger partial charge on any atom is 0.112 e. The van der Waals surface area contributed by atoms with Crippen molar-refractivity contribution in [2.45, 2.75) is 62.9 Å². The summed E-state index contributed by atoms with van der Waals surface area (Å²) in [5.74, 6) is 0. The standard InChI is InChI=1S/C24H30IN2/c1-17(19-9-5-3-6-10-19)26-21-13-24-23(26)14-22(15-25)27(24,16-21)18(2)20-11-7-4-8-12-20/h3-12,17-18,21-24H,13-16H2,1-2H3/q+1/t17-,18-,21+,22+,23+,24+,27?/m0/s1. The molecule has 5 rings (SSSR count). The van der Waals surface area contributed by atoms with E-state index in [4.69, 9.17) is 0 Å². The van der Waals surface area contributed by atoms with Gasteiger partial charge >= 0.3 is 0 Å². The zero-order valence-corrected chi connectivity index (χ0v) is 18.5. The van der Waals surface area contributed by atoms with Crippen LogP contribution in [-0.4, -0.2) is 44.5 Å². The van der Waals surface area contributed by atoms with Gasteiger partial charge in [0.2, 0.25) is 0 Å². The summed E-state index contributed by atoms with van der Waals surface area (Å²) >= 11 is 2.66. The van der Waals surface area contributed by atoms with E-state index in [0.29, 0.717) is 12.1 Å². The molecule has 2 nitrogen and oxygen atoms in total. The van der Waals surface area contributed by atoms with Gasteiger partial charge in [-0.1, -0.05) is 83.3 Å². The number of nitrogens with zero attached hydrogens (tertiary/aromatic N) is 2. The molecule has 3 heteroatoms. The molecule has 0 spiro atoms. The van der Waals surface area contributed by atoms with Crippen LogP contribution in [-0.2, 0) is 0 Å². The quantitative estimate of drug-likeness (QED) is 0.321. The van der Waals surface area contributed by atoms with Gasteiger partial charge in [0.25, 0.3) is 0 Å². The van der Waals surface area contributed by atoms with Crippen molar-refractivity contribution in [3.63, 3.8) is 0 Å². The lowest BCUT2D eigenvalue weighted by Crippen LogP contribution is -2.61. The van der Waals surface area contributed by atoms with Crippen LogP contribution in [0, 0.1) is 0 Å². The Labute approximate surface area is 177 Å². The highest BCUT2D eigenvalue weighted by atomic mass is 127. The van der Waals surface area contributed by atoms with E-state index in [1.54, 1.807) is 0 Å². The molecule has 2 aromatic rings. The Kier molecular flexibility index (Phi) is 4.60. The van der Waals surface area contributed by atoms with Crippen molar-refractivity contribution in [1.82, 2.24) is 4.90 Å². The van der Waals surface area contributed by atoms with Gasteiger partial charge in [-0.25, -0.2) is 0 Å². The summed E-state index contributed by atoms with van der Waals surface area (Å²) < 4.78 is 2.63. The minimum atomic E-state index is 0.536. The van der Waals surface area contributed by atoms with Gasteiger partial charge in [0.05, 0.1) is 23.1 Å². The van der Waals surface area contributed by atoms with Crippen molar-refractivity contribution in [2.24, 2.45) is 0 Å². The molecule has 0 saturated carbocycles. The van der Waals surface area contributed by atoms with Crippen LogP contribution in [0.2, 0.25) is 0 Å². The van der Waals surface area contributed by atoms with E-state index >= 15 is 0 Å². The molecule has 27 heavy (non-hydrogen) atoms. The maximum atomic E-state index is 2.90. The normalized spacial score (nSPS) is 36.9. The summed E-state index contributed by atoms with van der Waals surface area (Å²) in [6.45, 7) is 6.27. The monoisotopic (exact) mass is 473 g/mol. The summed E-state index contributed by atoms with van der Waals surface area (Å²) in [5, 5.41) is 0. The molecule has 3 aliphatic rings. The van der Waals surface area contributed by atoms with Crippen LogP contribution in [0.1, 0.15) is 49.9 Å². The maximum absolute atomic E-state index is 2.90. The second-order valence-corrected chi connectivity index (χ2v) is 9.75. The highest BCUT2D eigenvalue weighted by Gasteiger charge is 2.69. The number of quaternary nitrogens is 1. The highest BCUT2D eigenvalue weighted by Crippen LogP contribution is 2.57. The first-order valence-electron chi connectivity index (χ1n) is 10.5. The Morgan fingerprint density at radius 1 is 0.963 bits per heavy atom. The summed E-state index contributed by atoms with van der Waals surface area (Å²) in [5.41, 5.74) is 3.01. The Hall–Kier alpha value is -0.910.